The lowest BCUT2D eigenvalue weighted by Gasteiger charge is -2.33. The predicted molar refractivity (Wildman–Crippen MR) is 124 cm³/mol. The minimum Gasteiger partial charge on any atom is -0.444 e. The molecule has 3 N–H and O–H groups in total. The number of aromatic nitrogens is 3. The summed E-state index contributed by atoms with van der Waals surface area (Å²) in [4.78, 5) is 41.9. The fourth-order valence-electron chi connectivity index (χ4n) is 4.71. The number of ether oxygens (including phenoxy) is 1. The molecule has 34 heavy (non-hydrogen) atoms. The second-order valence-corrected chi connectivity index (χ2v) is 10.0. The third-order valence-electron chi connectivity index (χ3n) is 6.42. The molecule has 2 amide bonds. The number of aromatic amines is 1. The minimum absolute atomic E-state index is 0.00108. The van der Waals surface area contributed by atoms with Crippen molar-refractivity contribution in [2.24, 2.45) is 11.1 Å². The highest BCUT2D eigenvalue weighted by atomic mass is 16.6. The molecule has 184 valence electrons. The smallest absolute Gasteiger partial charge is 0.410 e. The van der Waals surface area contributed by atoms with Gasteiger partial charge in [0.25, 0.3) is 5.56 Å². The first kappa shape index (κ1) is 23.8. The van der Waals surface area contributed by atoms with Gasteiger partial charge in [-0.05, 0) is 46.5 Å². The molecule has 4 rings (SSSR count). The van der Waals surface area contributed by atoms with Crippen molar-refractivity contribution in [1.82, 2.24) is 24.8 Å². The molecule has 0 bridgehead atoms. The van der Waals surface area contributed by atoms with E-state index in [1.807, 2.05) is 20.8 Å². The van der Waals surface area contributed by atoms with E-state index in [2.05, 4.69) is 20.6 Å². The highest BCUT2D eigenvalue weighted by molar-refractivity contribution is 6.11. The van der Waals surface area contributed by atoms with E-state index in [-0.39, 0.29) is 35.2 Å². The fourth-order valence-corrected chi connectivity index (χ4v) is 4.71. The first-order valence-corrected chi connectivity index (χ1v) is 11.8. The van der Waals surface area contributed by atoms with E-state index >= 15 is 0 Å². The molecule has 2 fully saturated rings. The van der Waals surface area contributed by atoms with E-state index in [1.165, 1.54) is 12.3 Å². The Hall–Kier alpha value is -3.37. The highest BCUT2D eigenvalue weighted by Gasteiger charge is 2.30. The van der Waals surface area contributed by atoms with Crippen molar-refractivity contribution in [2.45, 2.75) is 70.8 Å². The first-order valence-electron chi connectivity index (χ1n) is 11.8. The van der Waals surface area contributed by atoms with Gasteiger partial charge in [-0.1, -0.05) is 18.0 Å². The van der Waals surface area contributed by atoms with Gasteiger partial charge in [-0.15, -0.1) is 0 Å². The number of likely N-dealkylation sites (tertiary alicyclic amines) is 1. The number of carbonyl (C=O) groups excluding carboxylic acids is 2. The number of hydrogen-bond acceptors (Lipinski definition) is 7. The number of hydrogen-bond donors (Lipinski definition) is 3. The van der Waals surface area contributed by atoms with Crippen LogP contribution in [0.15, 0.2) is 22.2 Å². The van der Waals surface area contributed by atoms with Crippen LogP contribution in [-0.2, 0) is 9.53 Å². The van der Waals surface area contributed by atoms with Crippen molar-refractivity contribution in [3.8, 4) is 0 Å². The summed E-state index contributed by atoms with van der Waals surface area (Å²) >= 11 is 0. The van der Waals surface area contributed by atoms with Crippen LogP contribution in [0.2, 0.25) is 0 Å². The maximum Gasteiger partial charge on any atom is 0.410 e. The van der Waals surface area contributed by atoms with Crippen molar-refractivity contribution < 1.29 is 19.5 Å². The van der Waals surface area contributed by atoms with Crippen molar-refractivity contribution in [3.05, 3.63) is 33.9 Å². The molecule has 1 aliphatic carbocycles. The number of amidine groups is 1. The van der Waals surface area contributed by atoms with Crippen LogP contribution in [0.5, 0.6) is 0 Å². The Morgan fingerprint density at radius 3 is 2.50 bits per heavy atom. The summed E-state index contributed by atoms with van der Waals surface area (Å²) in [7, 11) is 0. The quantitative estimate of drug-likeness (QED) is 0.271. The third-order valence-corrected chi connectivity index (χ3v) is 6.42. The Bertz CT molecular complexity index is 1150. The molecule has 0 unspecified atom stereocenters. The van der Waals surface area contributed by atoms with Crippen LogP contribution in [0.25, 0.3) is 5.65 Å². The number of carbonyl (C=O) groups is 2. The lowest BCUT2D eigenvalue weighted by atomic mass is 9.93. The Morgan fingerprint density at radius 1 is 1.21 bits per heavy atom. The van der Waals surface area contributed by atoms with Crippen LogP contribution in [0.3, 0.4) is 0 Å². The van der Waals surface area contributed by atoms with Crippen LogP contribution in [0.1, 0.15) is 76.5 Å². The average molecular weight is 473 g/mol. The number of nitrogens with one attached hydrogen (secondary N) is 2. The summed E-state index contributed by atoms with van der Waals surface area (Å²) in [6.07, 6.45) is 6.04. The van der Waals surface area contributed by atoms with Crippen LogP contribution in [-0.4, -0.2) is 61.2 Å². The molecule has 0 atom stereocenters. The molecule has 0 spiro atoms. The van der Waals surface area contributed by atoms with Gasteiger partial charge in [0.2, 0.25) is 5.91 Å². The lowest BCUT2D eigenvalue weighted by Crippen LogP contribution is -2.41. The van der Waals surface area contributed by atoms with E-state index in [4.69, 9.17) is 4.74 Å². The zero-order chi connectivity index (χ0) is 24.5. The molecule has 3 heterocycles. The van der Waals surface area contributed by atoms with Crippen molar-refractivity contribution >= 4 is 23.5 Å². The molecule has 2 aromatic rings. The molecular formula is C23H32N6O5. The zero-order valence-electron chi connectivity index (χ0n) is 19.8. The SMILES string of the molecule is CC(C)(C)OC(=O)N1CCC(c2cc(=O)[nH]c3c(C(=NO)NC(=O)C4CCCC4)cnn23)CC1. The van der Waals surface area contributed by atoms with E-state index < -0.39 is 5.60 Å². The predicted octanol–water partition coefficient (Wildman–Crippen LogP) is 2.58. The topological polar surface area (TPSA) is 141 Å². The molecule has 11 nitrogen and oxygen atoms in total. The van der Waals surface area contributed by atoms with Gasteiger partial charge in [-0.25, -0.2) is 9.31 Å². The van der Waals surface area contributed by atoms with Gasteiger partial charge >= 0.3 is 6.09 Å². The molecule has 1 saturated carbocycles. The zero-order valence-corrected chi connectivity index (χ0v) is 19.8. The monoisotopic (exact) mass is 472 g/mol. The van der Waals surface area contributed by atoms with Gasteiger partial charge in [0.15, 0.2) is 5.84 Å². The maximum absolute atomic E-state index is 12.6. The highest BCUT2D eigenvalue weighted by Crippen LogP contribution is 2.29. The number of fused-ring (bicyclic) bond motifs is 1. The number of rotatable bonds is 3. The molecule has 2 aliphatic rings. The number of amides is 2. The Kier molecular flexibility index (Phi) is 6.63. The Labute approximate surface area is 197 Å². The summed E-state index contributed by atoms with van der Waals surface area (Å²) in [5, 5.41) is 20.0. The molecule has 2 aromatic heterocycles. The number of piperidine rings is 1. The largest absolute Gasteiger partial charge is 0.444 e. The van der Waals surface area contributed by atoms with Crippen LogP contribution in [0, 0.1) is 5.92 Å². The second kappa shape index (κ2) is 9.47. The summed E-state index contributed by atoms with van der Waals surface area (Å²) in [6, 6.07) is 1.50. The third kappa shape index (κ3) is 5.07. The maximum atomic E-state index is 12.6. The van der Waals surface area contributed by atoms with Crippen LogP contribution < -0.4 is 10.9 Å². The molecule has 1 saturated heterocycles. The van der Waals surface area contributed by atoms with Gasteiger partial charge in [0, 0.05) is 31.0 Å². The molecule has 1 aliphatic heterocycles. The van der Waals surface area contributed by atoms with Crippen molar-refractivity contribution in [2.75, 3.05) is 13.1 Å². The van der Waals surface area contributed by atoms with Gasteiger partial charge in [0.1, 0.15) is 11.2 Å². The average Bonchev–Trinajstić information content (AvgIpc) is 3.46. The first-order chi connectivity index (χ1) is 16.2. The van der Waals surface area contributed by atoms with E-state index in [9.17, 15) is 19.6 Å². The number of nitrogens with zero attached hydrogens (tertiary/aromatic N) is 4. The van der Waals surface area contributed by atoms with Crippen LogP contribution >= 0.6 is 0 Å². The van der Waals surface area contributed by atoms with Gasteiger partial charge in [-0.3, -0.25) is 9.59 Å². The van der Waals surface area contributed by atoms with Gasteiger partial charge < -0.3 is 25.1 Å². The molecule has 0 radical (unpaired) electrons. The van der Waals surface area contributed by atoms with Crippen molar-refractivity contribution in [3.63, 3.8) is 0 Å². The summed E-state index contributed by atoms with van der Waals surface area (Å²) in [6.45, 7) is 6.51. The van der Waals surface area contributed by atoms with Gasteiger partial charge in [-0.2, -0.15) is 5.10 Å². The fraction of sp³-hybridized carbons (Fsp3) is 0.609. The molecular weight excluding hydrogens is 440 g/mol. The summed E-state index contributed by atoms with van der Waals surface area (Å²) in [5.41, 5.74) is 0.499. The lowest BCUT2D eigenvalue weighted by molar-refractivity contribution is -0.123. The molecule has 11 heteroatoms. The van der Waals surface area contributed by atoms with E-state index in [0.29, 0.717) is 42.8 Å². The number of H-pyrrole nitrogens is 1. The Morgan fingerprint density at radius 2 is 1.88 bits per heavy atom. The number of oxime groups is 1. The second-order valence-electron chi connectivity index (χ2n) is 10.0. The normalized spacial score (nSPS) is 18.4. The van der Waals surface area contributed by atoms with E-state index in [0.717, 1.165) is 25.7 Å². The summed E-state index contributed by atoms with van der Waals surface area (Å²) < 4.78 is 7.07. The minimum atomic E-state index is -0.558. The van der Waals surface area contributed by atoms with E-state index in [1.54, 1.807) is 9.42 Å². The van der Waals surface area contributed by atoms with Gasteiger partial charge in [0.05, 0.1) is 17.5 Å². The van der Waals surface area contributed by atoms with Crippen molar-refractivity contribution in [1.29, 1.82) is 0 Å². The Balaban J connectivity index is 1.54. The molecule has 0 aromatic carbocycles. The standard InChI is InChI=1S/C23H32N6O5/c1-23(2,3)34-22(32)28-10-8-14(9-11-28)17-12-18(30)25-20-16(13-24-29(17)20)19(27-33)26-21(31)15-6-4-5-7-15/h12-15,33H,4-11H2,1-3H3,(H,25,30)(H,26,27,31). The van der Waals surface area contributed by atoms with Crippen LogP contribution in [0.4, 0.5) is 4.79 Å². The summed E-state index contributed by atoms with van der Waals surface area (Å²) in [5.74, 6) is -0.348.